The van der Waals surface area contributed by atoms with Crippen molar-refractivity contribution >= 4 is 5.91 Å². The van der Waals surface area contributed by atoms with Crippen LogP contribution in [0.5, 0.6) is 11.6 Å². The van der Waals surface area contributed by atoms with Crippen LogP contribution in [0.2, 0.25) is 0 Å². The Labute approximate surface area is 196 Å². The maximum Gasteiger partial charge on any atom is 0.251 e. The quantitative estimate of drug-likeness (QED) is 0.452. The molecule has 0 saturated heterocycles. The predicted octanol–water partition coefficient (Wildman–Crippen LogP) is 6.51. The van der Waals surface area contributed by atoms with E-state index >= 15 is 0 Å². The third kappa shape index (κ3) is 5.59. The van der Waals surface area contributed by atoms with Gasteiger partial charge in [-0.15, -0.1) is 0 Å². The molecule has 1 aliphatic rings. The highest BCUT2D eigenvalue weighted by Gasteiger charge is 2.22. The van der Waals surface area contributed by atoms with Crippen molar-refractivity contribution in [2.75, 3.05) is 0 Å². The van der Waals surface area contributed by atoms with Crippen LogP contribution in [-0.2, 0) is 6.42 Å². The van der Waals surface area contributed by atoms with Crippen molar-refractivity contribution in [2.45, 2.75) is 65.3 Å². The number of rotatable bonds is 7. The van der Waals surface area contributed by atoms with Crippen molar-refractivity contribution < 1.29 is 9.53 Å². The van der Waals surface area contributed by atoms with Gasteiger partial charge in [-0.2, -0.15) is 0 Å². The van der Waals surface area contributed by atoms with Crippen molar-refractivity contribution in [3.05, 3.63) is 71.7 Å². The van der Waals surface area contributed by atoms with Gasteiger partial charge in [-0.3, -0.25) is 9.78 Å². The Balaban J connectivity index is 1.55. The van der Waals surface area contributed by atoms with Crippen LogP contribution in [0.15, 0.2) is 54.9 Å². The van der Waals surface area contributed by atoms with E-state index in [2.05, 4.69) is 35.2 Å². The zero-order chi connectivity index (χ0) is 23.2. The number of hydrogen-bond donors (Lipinski definition) is 1. The Morgan fingerprint density at radius 1 is 1.09 bits per heavy atom. The summed E-state index contributed by atoms with van der Waals surface area (Å²) in [5, 5.41) is 3.21. The van der Waals surface area contributed by atoms with Crippen molar-refractivity contribution in [3.8, 4) is 22.8 Å². The number of nitrogens with zero attached hydrogens (tertiary/aromatic N) is 2. The molecule has 1 fully saturated rings. The van der Waals surface area contributed by atoms with Crippen LogP contribution in [0.4, 0.5) is 0 Å². The molecular formula is C28H33N3O2. The highest BCUT2D eigenvalue weighted by Crippen LogP contribution is 2.33. The summed E-state index contributed by atoms with van der Waals surface area (Å²) in [4.78, 5) is 21.9. The second-order valence-corrected chi connectivity index (χ2v) is 8.99. The molecule has 5 nitrogen and oxygen atoms in total. The van der Waals surface area contributed by atoms with E-state index in [0.717, 1.165) is 28.8 Å². The molecule has 3 aromatic rings. The third-order valence-corrected chi connectivity index (χ3v) is 6.63. The molecule has 0 aliphatic heterocycles. The Hall–Kier alpha value is -3.21. The molecule has 4 rings (SSSR count). The SMILES string of the molecule is CCc1cc(-c2cccnc2Oc2cc(C(=O)N[C@H](C)C3CCCCC3)ccc2C)ccn1. The Morgan fingerprint density at radius 2 is 1.91 bits per heavy atom. The molecular weight excluding hydrogens is 410 g/mol. The van der Waals surface area contributed by atoms with Gasteiger partial charge in [0.25, 0.3) is 5.91 Å². The summed E-state index contributed by atoms with van der Waals surface area (Å²) < 4.78 is 6.27. The Bertz CT molecular complexity index is 1110. The van der Waals surface area contributed by atoms with Gasteiger partial charge >= 0.3 is 0 Å². The normalized spacial score (nSPS) is 15.1. The van der Waals surface area contributed by atoms with E-state index in [-0.39, 0.29) is 11.9 Å². The summed E-state index contributed by atoms with van der Waals surface area (Å²) in [5.74, 6) is 1.66. The number of hydrogen-bond acceptors (Lipinski definition) is 4. The van der Waals surface area contributed by atoms with Crippen LogP contribution in [0, 0.1) is 12.8 Å². The molecule has 1 aliphatic carbocycles. The van der Waals surface area contributed by atoms with Gasteiger partial charge in [0.05, 0.1) is 0 Å². The summed E-state index contributed by atoms with van der Waals surface area (Å²) in [6, 6.07) is 13.7. The summed E-state index contributed by atoms with van der Waals surface area (Å²) in [6.07, 6.45) is 10.6. The highest BCUT2D eigenvalue weighted by molar-refractivity contribution is 5.95. The fourth-order valence-electron chi connectivity index (χ4n) is 4.53. The molecule has 1 N–H and O–H groups in total. The van der Waals surface area contributed by atoms with Crippen LogP contribution in [0.25, 0.3) is 11.1 Å². The first-order chi connectivity index (χ1) is 16.0. The van der Waals surface area contributed by atoms with Crippen LogP contribution >= 0.6 is 0 Å². The number of pyridine rings is 2. The molecule has 0 bridgehead atoms. The smallest absolute Gasteiger partial charge is 0.251 e. The highest BCUT2D eigenvalue weighted by atomic mass is 16.5. The number of amides is 1. The minimum Gasteiger partial charge on any atom is -0.438 e. The van der Waals surface area contributed by atoms with E-state index in [0.29, 0.717) is 23.1 Å². The lowest BCUT2D eigenvalue weighted by Gasteiger charge is -2.28. The molecule has 2 aromatic heterocycles. The topological polar surface area (TPSA) is 64.1 Å². The molecule has 0 radical (unpaired) electrons. The minimum atomic E-state index is -0.0547. The molecule has 1 amide bonds. The number of aromatic nitrogens is 2. The lowest BCUT2D eigenvalue weighted by molar-refractivity contribution is 0.0919. The predicted molar refractivity (Wildman–Crippen MR) is 132 cm³/mol. The van der Waals surface area contributed by atoms with Gasteiger partial charge in [0.1, 0.15) is 5.75 Å². The van der Waals surface area contributed by atoms with Gasteiger partial charge in [-0.25, -0.2) is 4.98 Å². The Kier molecular flexibility index (Phi) is 7.38. The average molecular weight is 444 g/mol. The number of benzene rings is 1. The number of carbonyl (C=O) groups is 1. The van der Waals surface area contributed by atoms with Gasteiger partial charge in [0.15, 0.2) is 0 Å². The fourth-order valence-corrected chi connectivity index (χ4v) is 4.53. The maximum atomic E-state index is 13.0. The van der Waals surface area contributed by atoms with Crippen molar-refractivity contribution in [1.29, 1.82) is 0 Å². The number of ether oxygens (including phenoxy) is 1. The first-order valence-corrected chi connectivity index (χ1v) is 12.0. The van der Waals surface area contributed by atoms with E-state index in [1.807, 2.05) is 49.5 Å². The summed E-state index contributed by atoms with van der Waals surface area (Å²) in [7, 11) is 0. The van der Waals surface area contributed by atoms with E-state index in [9.17, 15) is 4.79 Å². The molecule has 33 heavy (non-hydrogen) atoms. The largest absolute Gasteiger partial charge is 0.438 e. The molecule has 0 spiro atoms. The molecule has 1 aromatic carbocycles. The van der Waals surface area contributed by atoms with Gasteiger partial charge in [-0.05, 0) is 86.6 Å². The second kappa shape index (κ2) is 10.6. The molecule has 0 unspecified atom stereocenters. The summed E-state index contributed by atoms with van der Waals surface area (Å²) >= 11 is 0. The first-order valence-electron chi connectivity index (χ1n) is 12.0. The van der Waals surface area contributed by atoms with E-state index in [1.54, 1.807) is 6.20 Å². The molecule has 2 heterocycles. The van der Waals surface area contributed by atoms with Gasteiger partial charge < -0.3 is 10.1 Å². The van der Waals surface area contributed by atoms with Crippen LogP contribution in [0.3, 0.4) is 0 Å². The van der Waals surface area contributed by atoms with Crippen molar-refractivity contribution in [1.82, 2.24) is 15.3 Å². The number of nitrogens with one attached hydrogen (secondary N) is 1. The third-order valence-electron chi connectivity index (χ3n) is 6.63. The average Bonchev–Trinajstić information content (AvgIpc) is 2.86. The van der Waals surface area contributed by atoms with Gasteiger partial charge in [0.2, 0.25) is 5.88 Å². The van der Waals surface area contributed by atoms with Gasteiger partial charge in [0, 0.05) is 35.3 Å². The van der Waals surface area contributed by atoms with Crippen LogP contribution < -0.4 is 10.1 Å². The van der Waals surface area contributed by atoms with E-state index in [1.165, 1.54) is 32.1 Å². The molecule has 5 heteroatoms. The molecule has 1 atom stereocenters. The van der Waals surface area contributed by atoms with Gasteiger partial charge in [-0.1, -0.05) is 32.3 Å². The zero-order valence-electron chi connectivity index (χ0n) is 19.8. The lowest BCUT2D eigenvalue weighted by Crippen LogP contribution is -2.38. The summed E-state index contributed by atoms with van der Waals surface area (Å²) in [6.45, 7) is 6.19. The second-order valence-electron chi connectivity index (χ2n) is 8.99. The number of aryl methyl sites for hydroxylation is 2. The van der Waals surface area contributed by atoms with Crippen molar-refractivity contribution in [3.63, 3.8) is 0 Å². The maximum absolute atomic E-state index is 13.0. The fraction of sp³-hybridized carbons (Fsp3) is 0.393. The Morgan fingerprint density at radius 3 is 2.70 bits per heavy atom. The monoisotopic (exact) mass is 443 g/mol. The summed E-state index contributed by atoms with van der Waals surface area (Å²) in [5.41, 5.74) is 4.48. The molecule has 1 saturated carbocycles. The van der Waals surface area contributed by atoms with Crippen LogP contribution in [-0.4, -0.2) is 21.9 Å². The molecule has 172 valence electrons. The number of carbonyl (C=O) groups excluding carboxylic acids is 1. The van der Waals surface area contributed by atoms with Crippen LogP contribution in [0.1, 0.15) is 67.6 Å². The van der Waals surface area contributed by atoms with Crippen molar-refractivity contribution in [2.24, 2.45) is 5.92 Å². The minimum absolute atomic E-state index is 0.0547. The first kappa shape index (κ1) is 23.0. The lowest BCUT2D eigenvalue weighted by atomic mass is 9.84. The zero-order valence-corrected chi connectivity index (χ0v) is 19.8. The standard InChI is InChI=1S/C28H33N3O2/c1-4-24-17-22(14-16-29-24)25-11-8-15-30-28(25)33-26-18-23(13-12-19(26)2)27(32)31-20(3)21-9-6-5-7-10-21/h8,11-18,20-21H,4-7,9-10H2,1-3H3,(H,31,32)/t20-/m1/s1. The van der Waals surface area contributed by atoms with E-state index in [4.69, 9.17) is 4.74 Å². The van der Waals surface area contributed by atoms with E-state index < -0.39 is 0 Å².